The fourth-order valence-electron chi connectivity index (χ4n) is 2.47. The zero-order valence-corrected chi connectivity index (χ0v) is 11.5. The number of ether oxygens (including phenoxy) is 1. The summed E-state index contributed by atoms with van der Waals surface area (Å²) >= 11 is 0. The third-order valence-corrected chi connectivity index (χ3v) is 3.50. The van der Waals surface area contributed by atoms with E-state index in [1.54, 1.807) is 0 Å². The number of carbonyl (C=O) groups excluding carboxylic acids is 1. The monoisotopic (exact) mass is 250 g/mol. The van der Waals surface area contributed by atoms with Gasteiger partial charge in [0.2, 0.25) is 0 Å². The molecular formula is C14H22N2O2. The molecule has 1 N–H and O–H groups in total. The van der Waals surface area contributed by atoms with E-state index in [4.69, 9.17) is 4.74 Å². The number of rotatable bonds is 4. The summed E-state index contributed by atoms with van der Waals surface area (Å²) in [5, 5.41) is 0. The third kappa shape index (κ3) is 3.00. The number of aromatic nitrogens is 1. The van der Waals surface area contributed by atoms with E-state index in [1.807, 2.05) is 19.9 Å². The Hall–Kier alpha value is -1.13. The van der Waals surface area contributed by atoms with E-state index in [2.05, 4.69) is 16.8 Å². The van der Waals surface area contributed by atoms with Crippen molar-refractivity contribution in [2.45, 2.75) is 33.3 Å². The molecule has 0 radical (unpaired) electrons. The Balaban J connectivity index is 1.97. The molecule has 1 saturated heterocycles. The average molecular weight is 250 g/mol. The number of morpholine rings is 1. The molecule has 0 aliphatic carbocycles. The number of nitrogens with zero attached hydrogens (tertiary/aromatic N) is 1. The summed E-state index contributed by atoms with van der Waals surface area (Å²) in [6.07, 6.45) is 1.29. The van der Waals surface area contributed by atoms with Crippen molar-refractivity contribution >= 4 is 5.78 Å². The number of nitrogens with one attached hydrogen (secondary N) is 1. The second-order valence-electron chi connectivity index (χ2n) is 5.05. The number of hydrogen-bond acceptors (Lipinski definition) is 3. The molecular weight excluding hydrogens is 228 g/mol. The number of H-pyrrole nitrogens is 1. The second kappa shape index (κ2) is 5.67. The van der Waals surface area contributed by atoms with E-state index < -0.39 is 0 Å². The highest BCUT2D eigenvalue weighted by atomic mass is 16.5. The van der Waals surface area contributed by atoms with E-state index in [0.29, 0.717) is 6.54 Å². The molecule has 2 rings (SSSR count). The van der Waals surface area contributed by atoms with Gasteiger partial charge in [0.15, 0.2) is 5.78 Å². The highest BCUT2D eigenvalue weighted by Gasteiger charge is 2.22. The van der Waals surface area contributed by atoms with Crippen molar-refractivity contribution in [1.82, 2.24) is 9.88 Å². The summed E-state index contributed by atoms with van der Waals surface area (Å²) in [6, 6.07) is 1.94. The van der Waals surface area contributed by atoms with E-state index in [-0.39, 0.29) is 11.9 Å². The topological polar surface area (TPSA) is 45.3 Å². The third-order valence-electron chi connectivity index (χ3n) is 3.50. The molecule has 18 heavy (non-hydrogen) atoms. The molecule has 0 bridgehead atoms. The van der Waals surface area contributed by atoms with E-state index in [0.717, 1.165) is 43.1 Å². The number of ketones is 1. The first-order valence-electron chi connectivity index (χ1n) is 6.63. The fraction of sp³-hybridized carbons (Fsp3) is 0.643. The van der Waals surface area contributed by atoms with E-state index in [1.165, 1.54) is 0 Å². The molecule has 1 atom stereocenters. The largest absolute Gasteiger partial charge is 0.376 e. The lowest BCUT2D eigenvalue weighted by Gasteiger charge is -2.31. The Morgan fingerprint density at radius 2 is 2.33 bits per heavy atom. The molecule has 1 unspecified atom stereocenters. The predicted octanol–water partition coefficient (Wildman–Crippen LogP) is 1.93. The lowest BCUT2D eigenvalue weighted by Crippen LogP contribution is -2.44. The molecule has 0 spiro atoms. The molecule has 4 nitrogen and oxygen atoms in total. The van der Waals surface area contributed by atoms with Gasteiger partial charge in [-0.05, 0) is 26.3 Å². The maximum Gasteiger partial charge on any atom is 0.178 e. The first kappa shape index (κ1) is 13.3. The van der Waals surface area contributed by atoms with Crippen LogP contribution < -0.4 is 0 Å². The van der Waals surface area contributed by atoms with Crippen LogP contribution in [0, 0.1) is 13.8 Å². The quantitative estimate of drug-likeness (QED) is 0.830. The average Bonchev–Trinajstić information content (AvgIpc) is 2.69. The van der Waals surface area contributed by atoms with Gasteiger partial charge in [0.25, 0.3) is 0 Å². The van der Waals surface area contributed by atoms with Crippen LogP contribution in [-0.2, 0) is 4.74 Å². The van der Waals surface area contributed by atoms with E-state index >= 15 is 0 Å². The van der Waals surface area contributed by atoms with Gasteiger partial charge in [0.1, 0.15) is 0 Å². The van der Waals surface area contributed by atoms with Gasteiger partial charge in [-0.15, -0.1) is 0 Å². The predicted molar refractivity (Wildman–Crippen MR) is 71.1 cm³/mol. The van der Waals surface area contributed by atoms with Gasteiger partial charge in [-0.1, -0.05) is 6.92 Å². The normalized spacial score (nSPS) is 21.2. The summed E-state index contributed by atoms with van der Waals surface area (Å²) in [6.45, 7) is 9.00. The van der Waals surface area contributed by atoms with Gasteiger partial charge >= 0.3 is 0 Å². The van der Waals surface area contributed by atoms with Crippen molar-refractivity contribution in [1.29, 1.82) is 0 Å². The Morgan fingerprint density at radius 1 is 1.56 bits per heavy atom. The molecule has 0 saturated carbocycles. The van der Waals surface area contributed by atoms with E-state index in [9.17, 15) is 4.79 Å². The van der Waals surface area contributed by atoms with Gasteiger partial charge in [-0.3, -0.25) is 9.69 Å². The Kier molecular flexibility index (Phi) is 4.19. The van der Waals surface area contributed by atoms with Crippen LogP contribution in [0.4, 0.5) is 0 Å². The van der Waals surface area contributed by atoms with Crippen LogP contribution in [0.25, 0.3) is 0 Å². The Morgan fingerprint density at radius 3 is 2.94 bits per heavy atom. The smallest absolute Gasteiger partial charge is 0.178 e. The van der Waals surface area contributed by atoms with Gasteiger partial charge in [-0.2, -0.15) is 0 Å². The van der Waals surface area contributed by atoms with Crippen molar-refractivity contribution in [3.63, 3.8) is 0 Å². The van der Waals surface area contributed by atoms with Crippen LogP contribution in [-0.4, -0.2) is 48.0 Å². The number of carbonyl (C=O) groups is 1. The van der Waals surface area contributed by atoms with Gasteiger partial charge in [0.05, 0.1) is 19.3 Å². The molecule has 1 fully saturated rings. The molecule has 2 heterocycles. The highest BCUT2D eigenvalue weighted by Crippen LogP contribution is 2.13. The first-order chi connectivity index (χ1) is 8.60. The zero-order valence-electron chi connectivity index (χ0n) is 11.5. The molecule has 1 aliphatic rings. The Bertz CT molecular complexity index is 425. The van der Waals surface area contributed by atoms with Crippen molar-refractivity contribution < 1.29 is 9.53 Å². The number of aromatic amines is 1. The van der Waals surface area contributed by atoms with Crippen molar-refractivity contribution in [2.24, 2.45) is 0 Å². The lowest BCUT2D eigenvalue weighted by molar-refractivity contribution is -0.0271. The summed E-state index contributed by atoms with van der Waals surface area (Å²) < 4.78 is 5.61. The molecule has 0 aromatic carbocycles. The number of aryl methyl sites for hydroxylation is 2. The number of Topliss-reactive ketones (excluding diaryl/α,β-unsaturated/α-hetero) is 1. The summed E-state index contributed by atoms with van der Waals surface area (Å²) in [4.78, 5) is 17.6. The lowest BCUT2D eigenvalue weighted by atomic mass is 10.1. The standard InChI is InChI=1S/C14H22N2O2/c1-4-12-8-16(5-6-18-12)9-14(17)13-7-10(2)15-11(13)3/h7,12,15H,4-6,8-9H2,1-3H3. The van der Waals surface area contributed by atoms with Crippen LogP contribution in [0.3, 0.4) is 0 Å². The minimum Gasteiger partial charge on any atom is -0.376 e. The van der Waals surface area contributed by atoms with Gasteiger partial charge in [0, 0.05) is 30.0 Å². The molecule has 1 aliphatic heterocycles. The molecule has 1 aromatic rings. The molecule has 0 amide bonds. The second-order valence-corrected chi connectivity index (χ2v) is 5.05. The number of hydrogen-bond donors (Lipinski definition) is 1. The summed E-state index contributed by atoms with van der Waals surface area (Å²) in [5.41, 5.74) is 2.84. The SMILES string of the molecule is CCC1CN(CC(=O)c2cc(C)[nH]c2C)CCO1. The minimum absolute atomic E-state index is 0.202. The van der Waals surface area contributed by atoms with Crippen LogP contribution in [0.1, 0.15) is 35.1 Å². The first-order valence-corrected chi connectivity index (χ1v) is 6.63. The van der Waals surface area contributed by atoms with Crippen LogP contribution in [0.2, 0.25) is 0 Å². The van der Waals surface area contributed by atoms with Crippen LogP contribution in [0.5, 0.6) is 0 Å². The fourth-order valence-corrected chi connectivity index (χ4v) is 2.47. The Labute approximate surface area is 108 Å². The van der Waals surface area contributed by atoms with Crippen LogP contribution in [0.15, 0.2) is 6.07 Å². The summed E-state index contributed by atoms with van der Waals surface area (Å²) in [7, 11) is 0. The molecule has 4 heteroatoms. The minimum atomic E-state index is 0.202. The van der Waals surface area contributed by atoms with Crippen LogP contribution >= 0.6 is 0 Å². The molecule has 1 aromatic heterocycles. The summed E-state index contributed by atoms with van der Waals surface area (Å²) in [5.74, 6) is 0.202. The van der Waals surface area contributed by atoms with Gasteiger partial charge < -0.3 is 9.72 Å². The maximum absolute atomic E-state index is 12.2. The van der Waals surface area contributed by atoms with Gasteiger partial charge in [-0.25, -0.2) is 0 Å². The van der Waals surface area contributed by atoms with Crippen molar-refractivity contribution in [3.8, 4) is 0 Å². The van der Waals surface area contributed by atoms with Crippen molar-refractivity contribution in [3.05, 3.63) is 23.0 Å². The van der Waals surface area contributed by atoms with Crippen molar-refractivity contribution in [2.75, 3.05) is 26.2 Å². The zero-order chi connectivity index (χ0) is 13.1. The molecule has 100 valence electrons. The highest BCUT2D eigenvalue weighted by molar-refractivity contribution is 5.98. The maximum atomic E-state index is 12.2.